The molecule has 1 saturated heterocycles. The van der Waals surface area contributed by atoms with E-state index in [1.54, 1.807) is 18.2 Å². The molecular formula is C26H21Cl2NO4S. The number of benzene rings is 3. The van der Waals surface area contributed by atoms with Crippen molar-refractivity contribution in [3.8, 4) is 11.5 Å². The highest BCUT2D eigenvalue weighted by Gasteiger charge is 2.34. The van der Waals surface area contributed by atoms with Crippen LogP contribution in [0.3, 0.4) is 0 Å². The van der Waals surface area contributed by atoms with Crippen LogP contribution in [-0.2, 0) is 11.4 Å². The maximum atomic E-state index is 12.8. The van der Waals surface area contributed by atoms with E-state index in [0.717, 1.165) is 22.9 Å². The SMILES string of the molecule is Cc1ccc(OCCN2C(=O)S/C(=C\c3cc(Cl)c(OCc4ccccc4)c(Cl)c3)C2=O)cc1. The third kappa shape index (κ3) is 5.95. The third-order valence-electron chi connectivity index (χ3n) is 5.02. The standard InChI is InChI=1S/C26H21Cl2NO4S/c1-17-7-9-20(10-8-17)32-12-11-29-25(30)23(34-26(29)31)15-19-13-21(27)24(22(28)14-19)33-16-18-5-3-2-4-6-18/h2-10,13-15H,11-12,16H2,1H3/b23-15-. The van der Waals surface area contributed by atoms with E-state index in [9.17, 15) is 9.59 Å². The normalized spacial score (nSPS) is 14.7. The molecule has 0 N–H and O–H groups in total. The Morgan fingerprint density at radius 3 is 2.29 bits per heavy atom. The third-order valence-corrected chi connectivity index (χ3v) is 6.49. The smallest absolute Gasteiger partial charge is 0.293 e. The second kappa shape index (κ2) is 11.0. The first kappa shape index (κ1) is 24.2. The molecule has 1 fully saturated rings. The van der Waals surface area contributed by atoms with Gasteiger partial charge in [0.05, 0.1) is 21.5 Å². The zero-order valence-corrected chi connectivity index (χ0v) is 20.6. The molecule has 8 heteroatoms. The van der Waals surface area contributed by atoms with Crippen molar-refractivity contribution in [3.63, 3.8) is 0 Å². The largest absolute Gasteiger partial charge is 0.492 e. The molecule has 2 amide bonds. The van der Waals surface area contributed by atoms with Gasteiger partial charge in [-0.2, -0.15) is 0 Å². The monoisotopic (exact) mass is 513 g/mol. The molecule has 1 aliphatic rings. The molecule has 0 aliphatic carbocycles. The van der Waals surface area contributed by atoms with Crippen LogP contribution in [0.15, 0.2) is 71.6 Å². The van der Waals surface area contributed by atoms with Crippen LogP contribution >= 0.6 is 35.0 Å². The Labute approximate surface area is 212 Å². The summed E-state index contributed by atoms with van der Waals surface area (Å²) < 4.78 is 11.4. The first-order chi connectivity index (χ1) is 16.4. The predicted molar refractivity (Wildman–Crippen MR) is 137 cm³/mol. The number of carbonyl (C=O) groups is 2. The minimum atomic E-state index is -0.376. The van der Waals surface area contributed by atoms with E-state index >= 15 is 0 Å². The lowest BCUT2D eigenvalue weighted by atomic mass is 10.2. The molecule has 34 heavy (non-hydrogen) atoms. The van der Waals surface area contributed by atoms with Crippen molar-refractivity contribution in [2.75, 3.05) is 13.2 Å². The van der Waals surface area contributed by atoms with Gasteiger partial charge in [0.2, 0.25) is 0 Å². The Bertz CT molecular complexity index is 1210. The Morgan fingerprint density at radius 2 is 1.62 bits per heavy atom. The van der Waals surface area contributed by atoms with Gasteiger partial charge in [0.1, 0.15) is 19.0 Å². The highest BCUT2D eigenvalue weighted by atomic mass is 35.5. The van der Waals surface area contributed by atoms with Gasteiger partial charge in [-0.25, -0.2) is 0 Å². The summed E-state index contributed by atoms with van der Waals surface area (Å²) in [4.78, 5) is 26.6. The second-order valence-corrected chi connectivity index (χ2v) is 9.39. The van der Waals surface area contributed by atoms with Crippen LogP contribution < -0.4 is 9.47 Å². The van der Waals surface area contributed by atoms with Crippen molar-refractivity contribution in [3.05, 3.63) is 98.4 Å². The van der Waals surface area contributed by atoms with Crippen molar-refractivity contribution in [2.45, 2.75) is 13.5 Å². The molecule has 0 unspecified atom stereocenters. The van der Waals surface area contributed by atoms with E-state index in [2.05, 4.69) is 0 Å². The van der Waals surface area contributed by atoms with Crippen LogP contribution in [0, 0.1) is 6.92 Å². The van der Waals surface area contributed by atoms with Crippen molar-refractivity contribution >= 4 is 52.2 Å². The zero-order chi connectivity index (χ0) is 24.1. The lowest BCUT2D eigenvalue weighted by molar-refractivity contribution is -0.123. The Balaban J connectivity index is 1.40. The zero-order valence-electron chi connectivity index (χ0n) is 18.3. The molecule has 5 nitrogen and oxygen atoms in total. The molecule has 1 heterocycles. The Kier molecular flexibility index (Phi) is 7.83. The summed E-state index contributed by atoms with van der Waals surface area (Å²) in [5.41, 5.74) is 2.71. The van der Waals surface area contributed by atoms with Crippen molar-refractivity contribution < 1.29 is 19.1 Å². The molecule has 4 rings (SSSR count). The van der Waals surface area contributed by atoms with Gasteiger partial charge in [0.15, 0.2) is 5.75 Å². The topological polar surface area (TPSA) is 55.8 Å². The first-order valence-corrected chi connectivity index (χ1v) is 12.1. The number of thioether (sulfide) groups is 1. The van der Waals surface area contributed by atoms with Crippen LogP contribution in [0.4, 0.5) is 4.79 Å². The molecule has 3 aromatic rings. The van der Waals surface area contributed by atoms with Crippen LogP contribution in [0.1, 0.15) is 16.7 Å². The second-order valence-electron chi connectivity index (χ2n) is 7.58. The lowest BCUT2D eigenvalue weighted by Gasteiger charge is -2.13. The molecule has 0 radical (unpaired) electrons. The molecule has 3 aromatic carbocycles. The van der Waals surface area contributed by atoms with Crippen LogP contribution in [0.2, 0.25) is 10.0 Å². The van der Waals surface area contributed by atoms with Gasteiger partial charge in [-0.3, -0.25) is 14.5 Å². The number of hydrogen-bond acceptors (Lipinski definition) is 5. The molecule has 174 valence electrons. The number of nitrogens with zero attached hydrogens (tertiary/aromatic N) is 1. The van der Waals surface area contributed by atoms with Crippen LogP contribution in [-0.4, -0.2) is 29.2 Å². The summed E-state index contributed by atoms with van der Waals surface area (Å²) >= 11 is 13.7. The molecule has 0 aromatic heterocycles. The Hall–Kier alpha value is -2.93. The molecular weight excluding hydrogens is 493 g/mol. The van der Waals surface area contributed by atoms with Gasteiger partial charge in [0, 0.05) is 0 Å². The number of rotatable bonds is 8. The number of halogens is 2. The van der Waals surface area contributed by atoms with Gasteiger partial charge in [0.25, 0.3) is 11.1 Å². The molecule has 0 spiro atoms. The summed E-state index contributed by atoms with van der Waals surface area (Å²) in [6, 6.07) is 20.5. The number of amides is 2. The predicted octanol–water partition coefficient (Wildman–Crippen LogP) is 7.00. The van der Waals surface area contributed by atoms with Crippen molar-refractivity contribution in [1.82, 2.24) is 4.90 Å². The summed E-state index contributed by atoms with van der Waals surface area (Å²) in [6.45, 7) is 2.68. The maximum Gasteiger partial charge on any atom is 0.293 e. The van der Waals surface area contributed by atoms with E-state index in [0.29, 0.717) is 38.6 Å². The number of aryl methyl sites for hydroxylation is 1. The van der Waals surface area contributed by atoms with Gasteiger partial charge < -0.3 is 9.47 Å². The number of hydrogen-bond donors (Lipinski definition) is 0. The first-order valence-electron chi connectivity index (χ1n) is 10.5. The highest BCUT2D eigenvalue weighted by Crippen LogP contribution is 2.37. The van der Waals surface area contributed by atoms with Crippen molar-refractivity contribution in [1.29, 1.82) is 0 Å². The quantitative estimate of drug-likeness (QED) is 0.303. The minimum Gasteiger partial charge on any atom is -0.492 e. The summed E-state index contributed by atoms with van der Waals surface area (Å²) in [5, 5.41) is 0.296. The summed E-state index contributed by atoms with van der Waals surface area (Å²) in [5.74, 6) is 0.678. The Morgan fingerprint density at radius 1 is 0.941 bits per heavy atom. The summed E-state index contributed by atoms with van der Waals surface area (Å²) in [7, 11) is 0. The number of carbonyl (C=O) groups excluding carboxylic acids is 2. The highest BCUT2D eigenvalue weighted by molar-refractivity contribution is 8.18. The molecule has 1 aliphatic heterocycles. The van der Waals surface area contributed by atoms with Crippen LogP contribution in [0.25, 0.3) is 6.08 Å². The van der Waals surface area contributed by atoms with Gasteiger partial charge in [-0.15, -0.1) is 0 Å². The molecule has 0 atom stereocenters. The fraction of sp³-hybridized carbons (Fsp3) is 0.154. The van der Waals surface area contributed by atoms with Crippen LogP contribution in [0.5, 0.6) is 11.5 Å². The fourth-order valence-corrected chi connectivity index (χ4v) is 4.74. The number of imide groups is 1. The molecule has 0 saturated carbocycles. The van der Waals surface area contributed by atoms with E-state index in [1.165, 1.54) is 4.90 Å². The average molecular weight is 514 g/mol. The van der Waals surface area contributed by atoms with Gasteiger partial charge >= 0.3 is 0 Å². The maximum absolute atomic E-state index is 12.8. The van der Waals surface area contributed by atoms with Gasteiger partial charge in [-0.05, 0) is 60.2 Å². The van der Waals surface area contributed by atoms with E-state index < -0.39 is 0 Å². The summed E-state index contributed by atoms with van der Waals surface area (Å²) in [6.07, 6.45) is 1.60. The average Bonchev–Trinajstić information content (AvgIpc) is 3.08. The number of ether oxygens (including phenoxy) is 2. The van der Waals surface area contributed by atoms with E-state index in [-0.39, 0.29) is 24.3 Å². The fourth-order valence-electron chi connectivity index (χ4n) is 3.26. The minimum absolute atomic E-state index is 0.156. The van der Waals surface area contributed by atoms with E-state index in [1.807, 2.05) is 61.5 Å². The van der Waals surface area contributed by atoms with Gasteiger partial charge in [-0.1, -0.05) is 71.2 Å². The van der Waals surface area contributed by atoms with Crippen molar-refractivity contribution in [2.24, 2.45) is 0 Å². The lowest BCUT2D eigenvalue weighted by Crippen LogP contribution is -2.32. The molecule has 0 bridgehead atoms. The van der Waals surface area contributed by atoms with E-state index in [4.69, 9.17) is 32.7 Å².